The van der Waals surface area contributed by atoms with Crippen molar-refractivity contribution in [3.8, 4) is 0 Å². The maximum absolute atomic E-state index is 12.2. The van der Waals surface area contributed by atoms with Crippen LogP contribution in [0.4, 0.5) is 0 Å². The molecule has 1 aromatic carbocycles. The van der Waals surface area contributed by atoms with Crippen molar-refractivity contribution in [2.24, 2.45) is 0 Å². The number of halogens is 1. The molecule has 0 heterocycles. The average Bonchev–Trinajstić information content (AvgIpc) is 2.28. The van der Waals surface area contributed by atoms with E-state index in [-0.39, 0.29) is 12.0 Å². The molecule has 1 rings (SSSR count). The zero-order valence-electron chi connectivity index (χ0n) is 10.4. The van der Waals surface area contributed by atoms with E-state index >= 15 is 0 Å². The molecule has 0 radical (unpaired) electrons. The predicted molar refractivity (Wildman–Crippen MR) is 72.1 cm³/mol. The van der Waals surface area contributed by atoms with Crippen molar-refractivity contribution in [2.45, 2.75) is 26.4 Å². The van der Waals surface area contributed by atoms with Crippen LogP contribution < -0.4 is 0 Å². The summed E-state index contributed by atoms with van der Waals surface area (Å²) >= 11 is 3.41. The van der Waals surface area contributed by atoms with Gasteiger partial charge in [-0.15, -0.1) is 0 Å². The molecular weight excluding hydrogens is 282 g/mol. The van der Waals surface area contributed by atoms with E-state index in [0.29, 0.717) is 18.5 Å². The lowest BCUT2D eigenvalue weighted by atomic mass is 10.1. The standard InChI is InChI=1S/C13H18BrNO2/c1-9(16)7-8-15(3)13(17)11-5-4-6-12(14)10(11)2/h4-6,9,16H,7-8H2,1-3H3. The lowest BCUT2D eigenvalue weighted by molar-refractivity contribution is 0.0768. The first-order valence-corrected chi connectivity index (χ1v) is 6.41. The van der Waals surface area contributed by atoms with Gasteiger partial charge in [0.1, 0.15) is 0 Å². The summed E-state index contributed by atoms with van der Waals surface area (Å²) in [4.78, 5) is 13.8. The van der Waals surface area contributed by atoms with Crippen LogP contribution in [0.1, 0.15) is 29.3 Å². The highest BCUT2D eigenvalue weighted by Crippen LogP contribution is 2.20. The van der Waals surface area contributed by atoms with Crippen molar-refractivity contribution in [3.63, 3.8) is 0 Å². The summed E-state index contributed by atoms with van der Waals surface area (Å²) in [7, 11) is 1.76. The molecule has 4 heteroatoms. The monoisotopic (exact) mass is 299 g/mol. The first kappa shape index (κ1) is 14.2. The molecule has 1 atom stereocenters. The van der Waals surface area contributed by atoms with Crippen molar-refractivity contribution in [2.75, 3.05) is 13.6 Å². The van der Waals surface area contributed by atoms with Crippen LogP contribution in [0.2, 0.25) is 0 Å². The van der Waals surface area contributed by atoms with Crippen molar-refractivity contribution in [3.05, 3.63) is 33.8 Å². The van der Waals surface area contributed by atoms with E-state index in [1.807, 2.05) is 25.1 Å². The molecule has 1 amide bonds. The first-order valence-electron chi connectivity index (χ1n) is 5.62. The molecule has 0 aliphatic carbocycles. The first-order chi connectivity index (χ1) is 7.93. The molecule has 0 bridgehead atoms. The SMILES string of the molecule is Cc1c(Br)cccc1C(=O)N(C)CCC(C)O. The van der Waals surface area contributed by atoms with Gasteiger partial charge in [0.15, 0.2) is 0 Å². The summed E-state index contributed by atoms with van der Waals surface area (Å²) in [5.74, 6) is -0.00977. The summed E-state index contributed by atoms with van der Waals surface area (Å²) in [5, 5.41) is 9.21. The minimum Gasteiger partial charge on any atom is -0.393 e. The second-order valence-electron chi connectivity index (χ2n) is 4.28. The number of aliphatic hydroxyl groups is 1. The zero-order valence-corrected chi connectivity index (χ0v) is 12.0. The number of carbonyl (C=O) groups excluding carboxylic acids is 1. The minimum absolute atomic E-state index is 0.00977. The Morgan fingerprint density at radius 2 is 2.18 bits per heavy atom. The van der Waals surface area contributed by atoms with E-state index in [1.165, 1.54) is 0 Å². The number of rotatable bonds is 4. The fourth-order valence-electron chi connectivity index (χ4n) is 1.53. The van der Waals surface area contributed by atoms with Crippen molar-refractivity contribution in [1.29, 1.82) is 0 Å². The second kappa shape index (κ2) is 6.17. The molecule has 0 aliphatic rings. The normalized spacial score (nSPS) is 12.3. The Morgan fingerprint density at radius 1 is 1.53 bits per heavy atom. The molecule has 1 unspecified atom stereocenters. The third-order valence-corrected chi connectivity index (χ3v) is 3.59. The Morgan fingerprint density at radius 3 is 2.76 bits per heavy atom. The Hall–Kier alpha value is -0.870. The van der Waals surface area contributed by atoms with Crippen molar-refractivity contribution >= 4 is 21.8 Å². The molecule has 0 fully saturated rings. The van der Waals surface area contributed by atoms with Gasteiger partial charge in [0.2, 0.25) is 0 Å². The van der Waals surface area contributed by atoms with Crippen LogP contribution in [0.25, 0.3) is 0 Å². The number of carbonyl (C=O) groups is 1. The fourth-order valence-corrected chi connectivity index (χ4v) is 1.89. The lowest BCUT2D eigenvalue weighted by Crippen LogP contribution is -2.30. The summed E-state index contributed by atoms with van der Waals surface area (Å²) in [5.41, 5.74) is 1.65. The second-order valence-corrected chi connectivity index (χ2v) is 5.13. The maximum atomic E-state index is 12.2. The highest BCUT2D eigenvalue weighted by Gasteiger charge is 2.15. The van der Waals surface area contributed by atoms with Gasteiger partial charge in [-0.3, -0.25) is 4.79 Å². The summed E-state index contributed by atoms with van der Waals surface area (Å²) < 4.78 is 0.937. The van der Waals surface area contributed by atoms with Crippen molar-refractivity contribution < 1.29 is 9.90 Å². The molecule has 17 heavy (non-hydrogen) atoms. The number of nitrogens with zero attached hydrogens (tertiary/aromatic N) is 1. The molecule has 1 aromatic rings. The van der Waals surface area contributed by atoms with E-state index in [2.05, 4.69) is 15.9 Å². The molecule has 3 nitrogen and oxygen atoms in total. The molecule has 0 aliphatic heterocycles. The zero-order chi connectivity index (χ0) is 13.0. The molecule has 0 saturated carbocycles. The highest BCUT2D eigenvalue weighted by molar-refractivity contribution is 9.10. The van der Waals surface area contributed by atoms with Gasteiger partial charge in [-0.1, -0.05) is 22.0 Å². The summed E-state index contributed by atoms with van der Waals surface area (Å²) in [6.07, 6.45) is 0.212. The summed E-state index contributed by atoms with van der Waals surface area (Å²) in [6.45, 7) is 4.20. The molecule has 0 aromatic heterocycles. The van der Waals surface area contributed by atoms with Gasteiger partial charge >= 0.3 is 0 Å². The topological polar surface area (TPSA) is 40.5 Å². The molecular formula is C13H18BrNO2. The maximum Gasteiger partial charge on any atom is 0.253 e. The largest absolute Gasteiger partial charge is 0.393 e. The number of aliphatic hydroxyl groups excluding tert-OH is 1. The fraction of sp³-hybridized carbons (Fsp3) is 0.462. The highest BCUT2D eigenvalue weighted by atomic mass is 79.9. The Balaban J connectivity index is 2.78. The minimum atomic E-state index is -0.381. The lowest BCUT2D eigenvalue weighted by Gasteiger charge is -2.19. The Bertz CT molecular complexity index is 404. The van der Waals surface area contributed by atoms with Gasteiger partial charge in [0, 0.05) is 23.6 Å². The molecule has 94 valence electrons. The van der Waals surface area contributed by atoms with E-state index in [9.17, 15) is 9.90 Å². The van der Waals surface area contributed by atoms with Crippen LogP contribution in [-0.2, 0) is 0 Å². The van der Waals surface area contributed by atoms with Gasteiger partial charge in [-0.25, -0.2) is 0 Å². The van der Waals surface area contributed by atoms with Gasteiger partial charge in [0.25, 0.3) is 5.91 Å². The van der Waals surface area contributed by atoms with E-state index < -0.39 is 0 Å². The van der Waals surface area contributed by atoms with Crippen LogP contribution in [0.3, 0.4) is 0 Å². The van der Waals surface area contributed by atoms with Gasteiger partial charge in [-0.2, -0.15) is 0 Å². The Kier molecular flexibility index (Phi) is 5.15. The van der Waals surface area contributed by atoms with Crippen LogP contribution in [0.15, 0.2) is 22.7 Å². The quantitative estimate of drug-likeness (QED) is 0.928. The number of benzene rings is 1. The van der Waals surface area contributed by atoms with E-state index in [0.717, 1.165) is 10.0 Å². The van der Waals surface area contributed by atoms with E-state index in [4.69, 9.17) is 0 Å². The Labute approximate surface area is 111 Å². The smallest absolute Gasteiger partial charge is 0.253 e. The van der Waals surface area contributed by atoms with Crippen LogP contribution in [0.5, 0.6) is 0 Å². The molecule has 0 saturated heterocycles. The van der Waals surface area contributed by atoms with Crippen LogP contribution in [-0.4, -0.2) is 35.6 Å². The van der Waals surface area contributed by atoms with Gasteiger partial charge in [-0.05, 0) is 38.0 Å². The molecule has 1 N–H and O–H groups in total. The van der Waals surface area contributed by atoms with Crippen LogP contribution in [0, 0.1) is 6.92 Å². The van der Waals surface area contributed by atoms with E-state index in [1.54, 1.807) is 18.9 Å². The van der Waals surface area contributed by atoms with Gasteiger partial charge < -0.3 is 10.0 Å². The van der Waals surface area contributed by atoms with Crippen LogP contribution >= 0.6 is 15.9 Å². The van der Waals surface area contributed by atoms with Gasteiger partial charge in [0.05, 0.1) is 6.10 Å². The number of hydrogen-bond acceptors (Lipinski definition) is 2. The van der Waals surface area contributed by atoms with Crippen molar-refractivity contribution in [1.82, 2.24) is 4.90 Å². The third kappa shape index (κ3) is 3.82. The predicted octanol–water partition coefficient (Wildman–Crippen LogP) is 2.60. The number of amides is 1. The average molecular weight is 300 g/mol. The number of hydrogen-bond donors (Lipinski definition) is 1. The third-order valence-electron chi connectivity index (χ3n) is 2.73. The summed E-state index contributed by atoms with van der Waals surface area (Å²) in [6, 6.07) is 5.59. The molecule has 0 spiro atoms.